The highest BCUT2D eigenvalue weighted by molar-refractivity contribution is 5.08. The molecular formula is C9H12F5N. The van der Waals surface area contributed by atoms with E-state index in [1.165, 1.54) is 0 Å². The lowest BCUT2D eigenvalue weighted by molar-refractivity contribution is -0.115. The Bertz CT molecular complexity index is 233. The third-order valence-electron chi connectivity index (χ3n) is 2.37. The van der Waals surface area contributed by atoms with E-state index in [4.69, 9.17) is 0 Å². The summed E-state index contributed by atoms with van der Waals surface area (Å²) in [5, 5.41) is 0. The van der Waals surface area contributed by atoms with Crippen molar-refractivity contribution in [3.05, 3.63) is 11.8 Å². The number of hydrogen-bond acceptors (Lipinski definition) is 1. The maximum absolute atomic E-state index is 12.3. The van der Waals surface area contributed by atoms with E-state index in [-0.39, 0.29) is 13.1 Å². The van der Waals surface area contributed by atoms with Crippen LogP contribution in [0.5, 0.6) is 0 Å². The predicted octanol–water partition coefficient (Wildman–Crippen LogP) is 3.53. The number of nitrogens with zero attached hydrogens (tertiary/aromatic N) is 1. The second kappa shape index (κ2) is 4.81. The molecule has 0 atom stereocenters. The minimum atomic E-state index is -4.96. The first-order chi connectivity index (χ1) is 6.93. The Morgan fingerprint density at radius 1 is 0.867 bits per heavy atom. The van der Waals surface area contributed by atoms with Crippen molar-refractivity contribution in [2.75, 3.05) is 13.1 Å². The van der Waals surface area contributed by atoms with Crippen LogP contribution in [0.15, 0.2) is 11.8 Å². The lowest BCUT2D eigenvalue weighted by Gasteiger charge is -2.25. The molecule has 0 bridgehead atoms. The Kier molecular flexibility index (Phi) is 3.93. The van der Waals surface area contributed by atoms with Gasteiger partial charge in [0.1, 0.15) is 0 Å². The van der Waals surface area contributed by atoms with Crippen LogP contribution in [0.2, 0.25) is 0 Å². The van der Waals surface area contributed by atoms with Gasteiger partial charge in [0.25, 0.3) is 6.08 Å². The molecule has 0 N–H and O–H groups in total. The zero-order valence-corrected chi connectivity index (χ0v) is 8.08. The first-order valence-corrected chi connectivity index (χ1v) is 4.80. The molecule has 1 nitrogen and oxygen atoms in total. The van der Waals surface area contributed by atoms with Crippen molar-refractivity contribution < 1.29 is 22.0 Å². The SMILES string of the molecule is FC(F)=C(N1CCCCCC1)C(F)(F)F. The Balaban J connectivity index is 2.85. The van der Waals surface area contributed by atoms with Crippen LogP contribution in [0, 0.1) is 0 Å². The molecule has 1 rings (SSSR count). The van der Waals surface area contributed by atoms with Gasteiger partial charge in [0.2, 0.25) is 0 Å². The molecule has 1 aliphatic heterocycles. The monoisotopic (exact) mass is 229 g/mol. The van der Waals surface area contributed by atoms with Crippen molar-refractivity contribution in [1.29, 1.82) is 0 Å². The summed E-state index contributed by atoms with van der Waals surface area (Å²) < 4.78 is 61.4. The number of alkyl halides is 3. The van der Waals surface area contributed by atoms with Crippen LogP contribution in [0.1, 0.15) is 25.7 Å². The van der Waals surface area contributed by atoms with Gasteiger partial charge in [-0.2, -0.15) is 22.0 Å². The summed E-state index contributed by atoms with van der Waals surface area (Å²) in [6, 6.07) is 0. The molecule has 15 heavy (non-hydrogen) atoms. The standard InChI is InChI=1S/C9H12F5N/c10-8(11)7(9(12,13)14)15-5-3-1-2-4-6-15/h1-6H2. The largest absolute Gasteiger partial charge is 0.436 e. The van der Waals surface area contributed by atoms with Crippen molar-refractivity contribution in [1.82, 2.24) is 4.90 Å². The van der Waals surface area contributed by atoms with Gasteiger partial charge in [-0.15, -0.1) is 0 Å². The van der Waals surface area contributed by atoms with E-state index in [0.29, 0.717) is 12.8 Å². The van der Waals surface area contributed by atoms with Gasteiger partial charge in [-0.3, -0.25) is 0 Å². The maximum atomic E-state index is 12.3. The van der Waals surface area contributed by atoms with Gasteiger partial charge >= 0.3 is 6.18 Å². The van der Waals surface area contributed by atoms with Crippen molar-refractivity contribution in [2.45, 2.75) is 31.9 Å². The fourth-order valence-corrected chi connectivity index (χ4v) is 1.70. The van der Waals surface area contributed by atoms with Gasteiger partial charge in [0.15, 0.2) is 5.70 Å². The molecule has 0 aliphatic carbocycles. The first kappa shape index (κ1) is 12.3. The van der Waals surface area contributed by atoms with E-state index < -0.39 is 18.0 Å². The summed E-state index contributed by atoms with van der Waals surface area (Å²) in [4.78, 5) is 0.752. The molecule has 88 valence electrons. The molecule has 0 saturated carbocycles. The van der Waals surface area contributed by atoms with Crippen molar-refractivity contribution >= 4 is 0 Å². The summed E-state index contributed by atoms with van der Waals surface area (Å²) in [5.74, 6) is 0. The third-order valence-corrected chi connectivity index (χ3v) is 2.37. The van der Waals surface area contributed by atoms with E-state index in [0.717, 1.165) is 17.7 Å². The van der Waals surface area contributed by atoms with Gasteiger partial charge in [-0.05, 0) is 12.8 Å². The molecule has 0 aromatic carbocycles. The maximum Gasteiger partial charge on any atom is 0.436 e. The molecule has 0 aromatic rings. The highest BCUT2D eigenvalue weighted by Gasteiger charge is 2.41. The Labute approximate surface area is 84.6 Å². The van der Waals surface area contributed by atoms with Gasteiger partial charge in [0.05, 0.1) is 0 Å². The number of hydrogen-bond donors (Lipinski definition) is 0. The zero-order valence-electron chi connectivity index (χ0n) is 8.08. The Morgan fingerprint density at radius 2 is 1.33 bits per heavy atom. The summed E-state index contributed by atoms with van der Waals surface area (Å²) in [7, 11) is 0. The van der Waals surface area contributed by atoms with Crippen LogP contribution < -0.4 is 0 Å². The van der Waals surface area contributed by atoms with Crippen LogP contribution in [0.4, 0.5) is 22.0 Å². The van der Waals surface area contributed by atoms with Crippen LogP contribution in [0.25, 0.3) is 0 Å². The molecular weight excluding hydrogens is 217 g/mol. The second-order valence-corrected chi connectivity index (χ2v) is 3.51. The highest BCUT2D eigenvalue weighted by Crippen LogP contribution is 2.33. The number of halogens is 5. The van der Waals surface area contributed by atoms with E-state index in [9.17, 15) is 22.0 Å². The van der Waals surface area contributed by atoms with E-state index in [1.807, 2.05) is 0 Å². The molecule has 1 saturated heterocycles. The number of allylic oxidation sites excluding steroid dienone is 1. The van der Waals surface area contributed by atoms with Gasteiger partial charge in [-0.25, -0.2) is 0 Å². The van der Waals surface area contributed by atoms with Crippen molar-refractivity contribution in [3.8, 4) is 0 Å². The smallest absolute Gasteiger partial charge is 0.363 e. The van der Waals surface area contributed by atoms with Crippen LogP contribution in [-0.4, -0.2) is 24.2 Å². The fraction of sp³-hybridized carbons (Fsp3) is 0.778. The van der Waals surface area contributed by atoms with E-state index in [1.54, 1.807) is 0 Å². The average molecular weight is 229 g/mol. The summed E-state index contributed by atoms with van der Waals surface area (Å²) in [5.41, 5.74) is -1.76. The zero-order chi connectivity index (χ0) is 11.5. The molecule has 1 fully saturated rings. The van der Waals surface area contributed by atoms with Crippen LogP contribution in [0.3, 0.4) is 0 Å². The minimum Gasteiger partial charge on any atom is -0.363 e. The summed E-state index contributed by atoms with van der Waals surface area (Å²) in [6.45, 7) is 0.123. The molecule has 0 amide bonds. The molecule has 6 heteroatoms. The van der Waals surface area contributed by atoms with Gasteiger partial charge < -0.3 is 4.90 Å². The van der Waals surface area contributed by atoms with Crippen LogP contribution >= 0.6 is 0 Å². The normalized spacial score (nSPS) is 18.6. The molecule has 1 aliphatic rings. The van der Waals surface area contributed by atoms with Crippen molar-refractivity contribution in [2.24, 2.45) is 0 Å². The van der Waals surface area contributed by atoms with Crippen LogP contribution in [-0.2, 0) is 0 Å². The Morgan fingerprint density at radius 3 is 1.67 bits per heavy atom. The predicted molar refractivity (Wildman–Crippen MR) is 45.3 cm³/mol. The molecule has 0 aromatic heterocycles. The fourth-order valence-electron chi connectivity index (χ4n) is 1.70. The summed E-state index contributed by atoms with van der Waals surface area (Å²) in [6.07, 6.45) is -4.92. The Hall–Kier alpha value is -0.810. The third kappa shape index (κ3) is 3.35. The molecule has 0 spiro atoms. The number of likely N-dealkylation sites (tertiary alicyclic amines) is 1. The van der Waals surface area contributed by atoms with Gasteiger partial charge in [-0.1, -0.05) is 12.8 Å². The molecule has 1 heterocycles. The molecule has 0 radical (unpaired) electrons. The lowest BCUT2D eigenvalue weighted by Crippen LogP contribution is -2.33. The topological polar surface area (TPSA) is 3.24 Å². The van der Waals surface area contributed by atoms with Gasteiger partial charge in [0, 0.05) is 13.1 Å². The van der Waals surface area contributed by atoms with Crippen molar-refractivity contribution in [3.63, 3.8) is 0 Å². The quantitative estimate of drug-likeness (QED) is 0.622. The summed E-state index contributed by atoms with van der Waals surface area (Å²) >= 11 is 0. The van der Waals surface area contributed by atoms with E-state index in [2.05, 4.69) is 0 Å². The second-order valence-electron chi connectivity index (χ2n) is 3.51. The number of rotatable bonds is 1. The molecule has 0 unspecified atom stereocenters. The average Bonchev–Trinajstić information content (AvgIpc) is 2.29. The minimum absolute atomic E-state index is 0.0617. The lowest BCUT2D eigenvalue weighted by atomic mass is 10.2. The van der Waals surface area contributed by atoms with E-state index >= 15 is 0 Å². The highest BCUT2D eigenvalue weighted by atomic mass is 19.4. The first-order valence-electron chi connectivity index (χ1n) is 4.80.